The highest BCUT2D eigenvalue weighted by Crippen LogP contribution is 2.36. The van der Waals surface area contributed by atoms with E-state index in [4.69, 9.17) is 38.0 Å². The van der Waals surface area contributed by atoms with E-state index in [0.717, 1.165) is 6.92 Å². The summed E-state index contributed by atoms with van der Waals surface area (Å²) in [4.78, 5) is 21.2. The van der Waals surface area contributed by atoms with E-state index in [9.17, 15) is 76.3 Å². The summed E-state index contributed by atoms with van der Waals surface area (Å²) in [5, 5.41) is 143. The zero-order valence-corrected chi connectivity index (χ0v) is 26.1. The van der Waals surface area contributed by atoms with Crippen LogP contribution in [0, 0.1) is 0 Å². The van der Waals surface area contributed by atoms with Crippen LogP contribution < -0.4 is 0 Å². The van der Waals surface area contributed by atoms with Gasteiger partial charge in [-0.3, -0.25) is 4.89 Å². The maximum absolute atomic E-state index is 11.6. The van der Waals surface area contributed by atoms with Crippen molar-refractivity contribution in [3.8, 4) is 0 Å². The molecule has 0 saturated carbocycles. The Balaban J connectivity index is 1.53. The van der Waals surface area contributed by atoms with Crippen molar-refractivity contribution in [3.05, 3.63) is 0 Å². The van der Waals surface area contributed by atoms with E-state index in [0.29, 0.717) is 0 Å². The average Bonchev–Trinajstić information content (AvgIpc) is 3.08. The number of carbonyl (C=O) groups excluding carboxylic acids is 1. The van der Waals surface area contributed by atoms with Gasteiger partial charge >= 0.3 is 11.9 Å². The Bertz CT molecular complexity index is 1080. The molecule has 14 N–H and O–H groups in total. The molecule has 4 heterocycles. The van der Waals surface area contributed by atoms with Crippen molar-refractivity contribution in [1.82, 2.24) is 0 Å². The largest absolute Gasteiger partial charge is 0.394 e. The minimum Gasteiger partial charge on any atom is -0.394 e. The van der Waals surface area contributed by atoms with Crippen molar-refractivity contribution in [3.63, 3.8) is 0 Å². The molecule has 0 bridgehead atoms. The van der Waals surface area contributed by atoms with Gasteiger partial charge in [0.1, 0.15) is 85.5 Å². The van der Waals surface area contributed by atoms with Gasteiger partial charge in [-0.1, -0.05) is 0 Å². The van der Waals surface area contributed by atoms with Crippen LogP contribution in [0.5, 0.6) is 0 Å². The lowest BCUT2D eigenvalue weighted by Crippen LogP contribution is -2.69. The molecule has 0 aromatic rings. The molecule has 292 valence electrons. The minimum absolute atomic E-state index is 0.814. The van der Waals surface area contributed by atoms with Gasteiger partial charge in [-0.05, 0) is 0 Å². The molecule has 4 saturated heterocycles. The van der Waals surface area contributed by atoms with E-state index in [2.05, 4.69) is 4.89 Å². The summed E-state index contributed by atoms with van der Waals surface area (Å²) in [5.41, 5.74) is 0. The van der Waals surface area contributed by atoms with Gasteiger partial charge in [0.15, 0.2) is 31.1 Å². The summed E-state index contributed by atoms with van der Waals surface area (Å²) in [6, 6.07) is 0. The lowest BCUT2D eigenvalue weighted by molar-refractivity contribution is -0.452. The van der Waals surface area contributed by atoms with E-state index in [1.807, 2.05) is 0 Å². The monoisotopic (exact) mass is 740 g/mol. The number of aliphatic hydroxyl groups is 14. The van der Waals surface area contributed by atoms with Gasteiger partial charge in [0.05, 0.1) is 26.4 Å². The Morgan fingerprint density at radius 1 is 0.540 bits per heavy atom. The Morgan fingerprint density at radius 2 is 0.980 bits per heavy atom. The third-order valence-corrected chi connectivity index (χ3v) is 8.53. The molecule has 50 heavy (non-hydrogen) atoms. The molecule has 19 atom stereocenters. The Kier molecular flexibility index (Phi) is 14.2. The maximum atomic E-state index is 11.6. The maximum Gasteiger partial charge on any atom is 0.339 e. The zero-order chi connectivity index (χ0) is 37.2. The second-order valence-electron chi connectivity index (χ2n) is 12.0. The topological polar surface area (TPSA) is 383 Å². The van der Waals surface area contributed by atoms with Crippen LogP contribution in [0.1, 0.15) is 6.92 Å². The quantitative estimate of drug-likeness (QED) is 0.0501. The molecule has 0 radical (unpaired) electrons. The summed E-state index contributed by atoms with van der Waals surface area (Å²) in [5.74, 6) is -4.37. The third kappa shape index (κ3) is 8.52. The van der Waals surface area contributed by atoms with Gasteiger partial charge in [0, 0.05) is 6.92 Å². The summed E-state index contributed by atoms with van der Waals surface area (Å²) in [6.07, 6.45) is -35.9. The molecule has 0 aromatic heterocycles. The molecule has 4 rings (SSSR count). The van der Waals surface area contributed by atoms with E-state index >= 15 is 0 Å². The highest BCUT2D eigenvalue weighted by atomic mass is 17.2. The van der Waals surface area contributed by atoms with Crippen molar-refractivity contribution in [2.45, 2.75) is 129 Å². The molecule has 0 spiro atoms. The van der Waals surface area contributed by atoms with Crippen LogP contribution in [-0.4, -0.2) is 226 Å². The van der Waals surface area contributed by atoms with Gasteiger partial charge in [-0.15, -0.1) is 0 Å². The first-order chi connectivity index (χ1) is 23.5. The fourth-order valence-corrected chi connectivity index (χ4v) is 5.82. The van der Waals surface area contributed by atoms with E-state index in [-0.39, 0.29) is 0 Å². The fourth-order valence-electron chi connectivity index (χ4n) is 5.82. The van der Waals surface area contributed by atoms with Crippen LogP contribution in [0.25, 0.3) is 0 Å². The predicted molar refractivity (Wildman–Crippen MR) is 146 cm³/mol. The van der Waals surface area contributed by atoms with E-state index in [1.165, 1.54) is 0 Å². The fraction of sp³-hybridized carbons (Fsp3) is 0.962. The molecule has 4 aliphatic heterocycles. The first-order valence-corrected chi connectivity index (χ1v) is 15.3. The van der Waals surface area contributed by atoms with Crippen LogP contribution >= 0.6 is 0 Å². The van der Waals surface area contributed by atoms with Gasteiger partial charge in [0.2, 0.25) is 0 Å². The smallest absolute Gasteiger partial charge is 0.339 e. The summed E-state index contributed by atoms with van der Waals surface area (Å²) in [7, 11) is 0. The molecule has 4 fully saturated rings. The number of hydrogen-bond acceptors (Lipinski definition) is 24. The number of hydrogen-bond donors (Lipinski definition) is 14. The molecule has 0 amide bonds. The Morgan fingerprint density at radius 3 is 1.50 bits per heavy atom. The Labute approximate surface area is 281 Å². The van der Waals surface area contributed by atoms with Gasteiger partial charge in [-0.25, -0.2) is 4.79 Å². The minimum atomic E-state index is -3.32. The first kappa shape index (κ1) is 41.3. The van der Waals surface area contributed by atoms with Crippen LogP contribution in [0.4, 0.5) is 0 Å². The van der Waals surface area contributed by atoms with Crippen molar-refractivity contribution in [2.75, 3.05) is 26.4 Å². The standard InChI is InChI=1S/C26H44O24/c1-6(31)49-50-21-17(38)25(46-19-10(5-30)48-26(40,41)22(39)16(19)37)44-9(4-29)20(21)47-24-15(36)13(34)18(8(3-28)43-24)45-23-14(35)12(33)11(32)7(2-27)42-23/h7-25,27-30,32-41H,2-5H2,1H3/t7-,8-,9-,10-,11-,12+,13-,14-,15-,16+,17-,18-,19-,20+,21-,22-,23+,24+,25+/m1/s1. The normalized spacial score (nSPS) is 48.3. The van der Waals surface area contributed by atoms with E-state index < -0.39 is 155 Å². The van der Waals surface area contributed by atoms with Crippen molar-refractivity contribution in [2.24, 2.45) is 0 Å². The first-order valence-electron chi connectivity index (χ1n) is 15.3. The number of carbonyl (C=O) groups is 1. The van der Waals surface area contributed by atoms with Gasteiger partial charge in [-0.2, -0.15) is 4.89 Å². The Hall–Kier alpha value is -1.41. The summed E-state index contributed by atoms with van der Waals surface area (Å²) < 4.78 is 37.8. The molecule has 24 heteroatoms. The van der Waals surface area contributed by atoms with Crippen molar-refractivity contribution >= 4 is 5.97 Å². The number of rotatable bonds is 12. The predicted octanol–water partition coefficient (Wildman–Crippen LogP) is -9.93. The van der Waals surface area contributed by atoms with Crippen LogP contribution in [0.15, 0.2) is 0 Å². The molecular weight excluding hydrogens is 696 g/mol. The molecule has 24 nitrogen and oxygen atoms in total. The molecule has 4 aliphatic rings. The molecule has 0 aliphatic carbocycles. The lowest BCUT2D eigenvalue weighted by atomic mass is 9.95. The molecule has 0 aromatic carbocycles. The molecule has 0 unspecified atom stereocenters. The van der Waals surface area contributed by atoms with Crippen molar-refractivity contribution in [1.29, 1.82) is 0 Å². The van der Waals surface area contributed by atoms with Crippen molar-refractivity contribution < 1.29 is 119 Å². The van der Waals surface area contributed by atoms with Crippen LogP contribution in [0.2, 0.25) is 0 Å². The molecular formula is C26H44O24. The zero-order valence-electron chi connectivity index (χ0n) is 26.1. The number of ether oxygens (including phenoxy) is 7. The van der Waals surface area contributed by atoms with Crippen LogP contribution in [0.3, 0.4) is 0 Å². The van der Waals surface area contributed by atoms with E-state index in [1.54, 1.807) is 0 Å². The average molecular weight is 741 g/mol. The highest BCUT2D eigenvalue weighted by Gasteiger charge is 2.58. The second-order valence-corrected chi connectivity index (χ2v) is 12.0. The van der Waals surface area contributed by atoms with Gasteiger partial charge in [0.25, 0.3) is 0 Å². The van der Waals surface area contributed by atoms with Crippen LogP contribution in [-0.2, 0) is 47.7 Å². The second kappa shape index (κ2) is 17.2. The highest BCUT2D eigenvalue weighted by molar-refractivity contribution is 5.65. The van der Waals surface area contributed by atoms with Gasteiger partial charge < -0.3 is 105 Å². The summed E-state index contributed by atoms with van der Waals surface area (Å²) in [6.45, 7) is -2.87. The SMILES string of the molecule is CC(=O)OO[C@@H]1[C@@H](O)[C@H](O[C@H]2[C@H](O)[C@@H](O)C(O)(O)O[C@@H]2CO)O[C@H](CO)[C@@H]1O[C@@H]1O[C@H](CO)[C@@H](O[C@@H]2O[C@H](CO)[C@@H](O)[C@H](O)[C@H]2O)[C@H](O)[C@H]1O. The third-order valence-electron chi connectivity index (χ3n) is 8.53. The summed E-state index contributed by atoms with van der Waals surface area (Å²) >= 11 is 0. The lowest BCUT2D eigenvalue weighted by Gasteiger charge is -2.49. The number of aliphatic hydroxyl groups excluding tert-OH is 12.